The van der Waals surface area contributed by atoms with Crippen LogP contribution in [0.15, 0.2) is 30.3 Å². The zero-order valence-corrected chi connectivity index (χ0v) is 12.2. The molecule has 4 nitrogen and oxygen atoms in total. The lowest BCUT2D eigenvalue weighted by Gasteiger charge is -2.25. The van der Waals surface area contributed by atoms with E-state index in [1.54, 1.807) is 0 Å². The molecule has 110 valence electrons. The minimum absolute atomic E-state index is 0.0322. The molecule has 0 bridgehead atoms. The molecule has 0 radical (unpaired) electrons. The van der Waals surface area contributed by atoms with Crippen molar-refractivity contribution >= 4 is 0 Å². The molecule has 3 rings (SSSR count). The van der Waals surface area contributed by atoms with Gasteiger partial charge in [0.2, 0.25) is 0 Å². The fourth-order valence-electron chi connectivity index (χ4n) is 2.84. The van der Waals surface area contributed by atoms with Crippen molar-refractivity contribution in [1.82, 2.24) is 0 Å². The van der Waals surface area contributed by atoms with Crippen LogP contribution in [0.1, 0.15) is 32.8 Å². The predicted octanol–water partition coefficient (Wildman–Crippen LogP) is 2.86. The molecule has 4 unspecified atom stereocenters. The third-order valence-electron chi connectivity index (χ3n) is 3.77. The highest BCUT2D eigenvalue weighted by Crippen LogP contribution is 2.39. The van der Waals surface area contributed by atoms with E-state index in [1.807, 2.05) is 32.0 Å². The smallest absolute Gasteiger partial charge is 0.190 e. The number of rotatable bonds is 4. The van der Waals surface area contributed by atoms with E-state index in [-0.39, 0.29) is 24.6 Å². The van der Waals surface area contributed by atoms with Crippen molar-refractivity contribution in [3.05, 3.63) is 35.9 Å². The molecule has 2 fully saturated rings. The standard InChI is InChI=1S/C16H22O4/c1-4-12-13(17-10-11-8-6-5-7-9-11)14-15(18-12)20-16(2,3)19-14/h5-9,12-15H,4,10H2,1-3H3. The summed E-state index contributed by atoms with van der Waals surface area (Å²) in [5.74, 6) is -0.595. The molecule has 1 aromatic rings. The molecule has 0 aliphatic carbocycles. The molecule has 4 atom stereocenters. The number of hydrogen-bond acceptors (Lipinski definition) is 4. The van der Waals surface area contributed by atoms with Gasteiger partial charge in [-0.3, -0.25) is 0 Å². The number of fused-ring (bicyclic) bond motifs is 1. The lowest BCUT2D eigenvalue weighted by molar-refractivity contribution is -0.219. The third kappa shape index (κ3) is 2.74. The number of benzene rings is 1. The van der Waals surface area contributed by atoms with E-state index in [4.69, 9.17) is 18.9 Å². The molecule has 0 amide bonds. The summed E-state index contributed by atoms with van der Waals surface area (Å²) in [4.78, 5) is 0. The molecule has 0 spiro atoms. The Balaban J connectivity index is 1.67. The van der Waals surface area contributed by atoms with Gasteiger partial charge in [0.25, 0.3) is 0 Å². The Morgan fingerprint density at radius 2 is 1.90 bits per heavy atom. The van der Waals surface area contributed by atoms with Crippen molar-refractivity contribution < 1.29 is 18.9 Å². The average molecular weight is 278 g/mol. The van der Waals surface area contributed by atoms with Crippen LogP contribution >= 0.6 is 0 Å². The van der Waals surface area contributed by atoms with Crippen molar-refractivity contribution in [1.29, 1.82) is 0 Å². The van der Waals surface area contributed by atoms with Gasteiger partial charge >= 0.3 is 0 Å². The van der Waals surface area contributed by atoms with Crippen molar-refractivity contribution in [2.24, 2.45) is 0 Å². The third-order valence-corrected chi connectivity index (χ3v) is 3.77. The second-order valence-electron chi connectivity index (χ2n) is 5.81. The fourth-order valence-corrected chi connectivity index (χ4v) is 2.84. The minimum Gasteiger partial charge on any atom is -0.368 e. The monoisotopic (exact) mass is 278 g/mol. The molecule has 2 saturated heterocycles. The van der Waals surface area contributed by atoms with Gasteiger partial charge in [0.1, 0.15) is 12.2 Å². The summed E-state index contributed by atoms with van der Waals surface area (Å²) in [6, 6.07) is 10.2. The average Bonchev–Trinajstić information content (AvgIpc) is 2.89. The molecule has 2 aliphatic rings. The topological polar surface area (TPSA) is 36.9 Å². The quantitative estimate of drug-likeness (QED) is 0.848. The lowest BCUT2D eigenvalue weighted by Crippen LogP contribution is -2.36. The van der Waals surface area contributed by atoms with Crippen LogP contribution < -0.4 is 0 Å². The van der Waals surface area contributed by atoms with Gasteiger partial charge < -0.3 is 18.9 Å². The second kappa shape index (κ2) is 5.45. The Morgan fingerprint density at radius 3 is 2.60 bits per heavy atom. The SMILES string of the molecule is CCC1OC2OC(C)(C)OC2C1OCc1ccccc1. The maximum absolute atomic E-state index is 6.07. The van der Waals surface area contributed by atoms with Gasteiger partial charge in [-0.05, 0) is 25.8 Å². The van der Waals surface area contributed by atoms with Gasteiger partial charge in [0.05, 0.1) is 12.7 Å². The Hall–Kier alpha value is -0.940. The normalized spacial score (nSPS) is 35.1. The van der Waals surface area contributed by atoms with Crippen LogP contribution in [-0.2, 0) is 25.6 Å². The number of ether oxygens (including phenoxy) is 4. The van der Waals surface area contributed by atoms with Crippen LogP contribution in [0.5, 0.6) is 0 Å². The Bertz CT molecular complexity index is 445. The van der Waals surface area contributed by atoms with Crippen LogP contribution in [0.2, 0.25) is 0 Å². The van der Waals surface area contributed by atoms with Crippen molar-refractivity contribution in [2.45, 2.75) is 64.2 Å². The Kier molecular flexibility index (Phi) is 3.82. The second-order valence-corrected chi connectivity index (χ2v) is 5.81. The van der Waals surface area contributed by atoms with Crippen molar-refractivity contribution in [3.8, 4) is 0 Å². The highest BCUT2D eigenvalue weighted by molar-refractivity contribution is 5.13. The molecular weight excluding hydrogens is 256 g/mol. The molecule has 0 aromatic heterocycles. The summed E-state index contributed by atoms with van der Waals surface area (Å²) < 4.78 is 23.7. The van der Waals surface area contributed by atoms with E-state index in [1.165, 1.54) is 0 Å². The molecular formula is C16H22O4. The largest absolute Gasteiger partial charge is 0.368 e. The van der Waals surface area contributed by atoms with Gasteiger partial charge in [0, 0.05) is 0 Å². The first-order valence-corrected chi connectivity index (χ1v) is 7.26. The van der Waals surface area contributed by atoms with Crippen LogP contribution in [0, 0.1) is 0 Å². The summed E-state index contributed by atoms with van der Waals surface area (Å²) in [5, 5.41) is 0. The van der Waals surface area contributed by atoms with Crippen molar-refractivity contribution in [3.63, 3.8) is 0 Å². The maximum atomic E-state index is 6.07. The lowest BCUT2D eigenvalue weighted by atomic mass is 10.1. The molecule has 20 heavy (non-hydrogen) atoms. The first-order chi connectivity index (χ1) is 9.59. The van der Waals surface area contributed by atoms with E-state index >= 15 is 0 Å². The Morgan fingerprint density at radius 1 is 1.15 bits per heavy atom. The summed E-state index contributed by atoms with van der Waals surface area (Å²) >= 11 is 0. The number of hydrogen-bond donors (Lipinski definition) is 0. The van der Waals surface area contributed by atoms with Crippen molar-refractivity contribution in [2.75, 3.05) is 0 Å². The van der Waals surface area contributed by atoms with Gasteiger partial charge in [-0.2, -0.15) is 0 Å². The van der Waals surface area contributed by atoms with E-state index in [0.717, 1.165) is 12.0 Å². The molecule has 2 aliphatic heterocycles. The first-order valence-electron chi connectivity index (χ1n) is 7.26. The van der Waals surface area contributed by atoms with Crippen LogP contribution in [-0.4, -0.2) is 30.4 Å². The van der Waals surface area contributed by atoms with Gasteiger partial charge in [-0.15, -0.1) is 0 Å². The minimum atomic E-state index is -0.595. The molecule has 0 saturated carbocycles. The summed E-state index contributed by atoms with van der Waals surface area (Å²) in [6.07, 6.45) is 0.394. The van der Waals surface area contributed by atoms with E-state index in [2.05, 4.69) is 19.1 Å². The molecule has 2 heterocycles. The fraction of sp³-hybridized carbons (Fsp3) is 0.625. The van der Waals surface area contributed by atoms with Gasteiger partial charge in [-0.25, -0.2) is 0 Å². The zero-order valence-electron chi connectivity index (χ0n) is 12.2. The summed E-state index contributed by atoms with van der Waals surface area (Å²) in [7, 11) is 0. The molecule has 4 heteroatoms. The summed E-state index contributed by atoms with van der Waals surface area (Å²) in [5.41, 5.74) is 1.16. The molecule has 1 aromatic carbocycles. The van der Waals surface area contributed by atoms with Gasteiger partial charge in [-0.1, -0.05) is 37.3 Å². The van der Waals surface area contributed by atoms with Crippen LogP contribution in [0.4, 0.5) is 0 Å². The molecule has 0 N–H and O–H groups in total. The van der Waals surface area contributed by atoms with E-state index < -0.39 is 5.79 Å². The summed E-state index contributed by atoms with van der Waals surface area (Å²) in [6.45, 7) is 6.47. The van der Waals surface area contributed by atoms with Crippen LogP contribution in [0.3, 0.4) is 0 Å². The zero-order chi connectivity index (χ0) is 14.2. The predicted molar refractivity (Wildman–Crippen MR) is 74.0 cm³/mol. The van der Waals surface area contributed by atoms with E-state index in [0.29, 0.717) is 6.61 Å². The highest BCUT2D eigenvalue weighted by atomic mass is 16.8. The van der Waals surface area contributed by atoms with Crippen LogP contribution in [0.25, 0.3) is 0 Å². The first kappa shape index (κ1) is 14.0. The van der Waals surface area contributed by atoms with E-state index in [9.17, 15) is 0 Å². The highest BCUT2D eigenvalue weighted by Gasteiger charge is 2.54. The Labute approximate surface area is 120 Å². The van der Waals surface area contributed by atoms with Gasteiger partial charge in [0.15, 0.2) is 12.1 Å². The maximum Gasteiger partial charge on any atom is 0.190 e.